The molecule has 0 aromatic rings. The molecule has 0 aromatic carbocycles. The quantitative estimate of drug-likeness (QED) is 0.428. The molecule has 1 fully saturated rings. The van der Waals surface area contributed by atoms with E-state index in [-0.39, 0.29) is 11.1 Å². The van der Waals surface area contributed by atoms with Gasteiger partial charge in [-0.2, -0.15) is 0 Å². The van der Waals surface area contributed by atoms with E-state index in [9.17, 15) is 8.42 Å². The molecule has 1 aliphatic carbocycles. The summed E-state index contributed by atoms with van der Waals surface area (Å²) < 4.78 is 25.2. The number of sulfonamides is 1. The molecule has 0 heterocycles. The van der Waals surface area contributed by atoms with Gasteiger partial charge >= 0.3 is 0 Å². The average molecular weight is 205 g/mol. The highest BCUT2D eigenvalue weighted by atomic mass is 32.2. The van der Waals surface area contributed by atoms with Gasteiger partial charge in [-0.15, -0.1) is 0 Å². The second-order valence-corrected chi connectivity index (χ2v) is 5.27. The van der Waals surface area contributed by atoms with Crippen LogP contribution in [0, 0.1) is 5.41 Å². The molecular formula is C7H15N3O2S. The van der Waals surface area contributed by atoms with Crippen LogP contribution in [0.5, 0.6) is 0 Å². The van der Waals surface area contributed by atoms with Gasteiger partial charge in [0.05, 0.1) is 11.3 Å². The smallest absolute Gasteiger partial charge is 0.215 e. The molecule has 0 aliphatic heterocycles. The van der Waals surface area contributed by atoms with Gasteiger partial charge in [0.15, 0.2) is 0 Å². The summed E-state index contributed by atoms with van der Waals surface area (Å²) in [6.45, 7) is 1.79. The molecule has 0 aromatic heterocycles. The molecule has 4 N–H and O–H groups in total. The van der Waals surface area contributed by atoms with E-state index < -0.39 is 16.1 Å². The lowest BCUT2D eigenvalue weighted by molar-refractivity contribution is 0.570. The van der Waals surface area contributed by atoms with Gasteiger partial charge in [0.1, 0.15) is 5.84 Å². The van der Waals surface area contributed by atoms with Crippen LogP contribution in [-0.2, 0) is 10.0 Å². The summed E-state index contributed by atoms with van der Waals surface area (Å²) in [7, 11) is -3.21. The van der Waals surface area contributed by atoms with Crippen LogP contribution < -0.4 is 10.5 Å². The lowest BCUT2D eigenvalue weighted by Gasteiger charge is -2.14. The Balaban J connectivity index is 2.59. The van der Waals surface area contributed by atoms with Crippen molar-refractivity contribution in [1.82, 2.24) is 4.72 Å². The normalized spacial score (nSPS) is 19.8. The minimum atomic E-state index is -3.21. The van der Waals surface area contributed by atoms with Crippen molar-refractivity contribution in [2.45, 2.75) is 37.5 Å². The average Bonchev–Trinajstić information content (AvgIpc) is 2.81. The largest absolute Gasteiger partial charge is 0.386 e. The SMILES string of the molecule is CCC(NS(=O)(=O)C1CC1)C(=N)N. The molecule has 5 nitrogen and oxygen atoms in total. The fourth-order valence-electron chi connectivity index (χ4n) is 1.04. The van der Waals surface area contributed by atoms with E-state index in [1.807, 2.05) is 0 Å². The van der Waals surface area contributed by atoms with E-state index in [1.165, 1.54) is 0 Å². The number of nitrogens with two attached hydrogens (primary N) is 1. The summed E-state index contributed by atoms with van der Waals surface area (Å²) >= 11 is 0. The van der Waals surface area contributed by atoms with Crippen molar-refractivity contribution in [1.29, 1.82) is 5.41 Å². The zero-order chi connectivity index (χ0) is 10.1. The molecule has 0 radical (unpaired) electrons. The molecule has 0 spiro atoms. The molecule has 0 amide bonds. The number of nitrogens with one attached hydrogen (secondary N) is 2. The third-order valence-corrected chi connectivity index (χ3v) is 4.02. The Hall–Kier alpha value is -0.620. The van der Waals surface area contributed by atoms with Gasteiger partial charge in [0.2, 0.25) is 10.0 Å². The number of amidine groups is 1. The van der Waals surface area contributed by atoms with Gasteiger partial charge in [0, 0.05) is 0 Å². The molecule has 1 atom stereocenters. The Morgan fingerprint density at radius 2 is 2.23 bits per heavy atom. The predicted octanol–water partition coefficient (Wildman–Crippen LogP) is -0.217. The van der Waals surface area contributed by atoms with Crippen molar-refractivity contribution in [3.8, 4) is 0 Å². The number of hydrogen-bond acceptors (Lipinski definition) is 3. The third-order valence-electron chi connectivity index (χ3n) is 2.05. The van der Waals surface area contributed by atoms with Gasteiger partial charge in [0.25, 0.3) is 0 Å². The first-order valence-electron chi connectivity index (χ1n) is 4.32. The van der Waals surface area contributed by atoms with Crippen LogP contribution in [0.15, 0.2) is 0 Å². The second-order valence-electron chi connectivity index (χ2n) is 3.28. The summed E-state index contributed by atoms with van der Waals surface area (Å²) in [4.78, 5) is 0. The molecule has 1 unspecified atom stereocenters. The summed E-state index contributed by atoms with van der Waals surface area (Å²) in [5.74, 6) is -0.119. The first-order valence-corrected chi connectivity index (χ1v) is 5.87. The Morgan fingerprint density at radius 1 is 1.69 bits per heavy atom. The molecule has 1 aliphatic rings. The Kier molecular flexibility index (Phi) is 2.92. The molecular weight excluding hydrogens is 190 g/mol. The Morgan fingerprint density at radius 3 is 2.54 bits per heavy atom. The summed E-state index contributed by atoms with van der Waals surface area (Å²) in [6.07, 6.45) is 1.97. The van der Waals surface area contributed by atoms with E-state index in [2.05, 4.69) is 4.72 Å². The minimum Gasteiger partial charge on any atom is -0.386 e. The van der Waals surface area contributed by atoms with Crippen LogP contribution in [0.2, 0.25) is 0 Å². The van der Waals surface area contributed by atoms with Crippen LogP contribution in [-0.4, -0.2) is 25.5 Å². The first-order chi connectivity index (χ1) is 5.97. The highest BCUT2D eigenvalue weighted by Crippen LogP contribution is 2.27. The summed E-state index contributed by atoms with van der Waals surface area (Å²) in [6, 6.07) is -0.536. The van der Waals surface area contributed by atoms with Crippen LogP contribution in [0.3, 0.4) is 0 Å². The summed E-state index contributed by atoms with van der Waals surface area (Å²) in [5.41, 5.74) is 5.23. The molecule has 13 heavy (non-hydrogen) atoms. The monoisotopic (exact) mass is 205 g/mol. The van der Waals surface area contributed by atoms with Gasteiger partial charge in [-0.1, -0.05) is 6.92 Å². The minimum absolute atomic E-state index is 0.119. The Labute approximate surface area is 78.3 Å². The van der Waals surface area contributed by atoms with Gasteiger partial charge in [-0.3, -0.25) is 5.41 Å². The fraction of sp³-hybridized carbons (Fsp3) is 0.857. The first kappa shape index (κ1) is 10.5. The number of hydrogen-bond donors (Lipinski definition) is 3. The highest BCUT2D eigenvalue weighted by molar-refractivity contribution is 7.90. The lowest BCUT2D eigenvalue weighted by Crippen LogP contribution is -2.44. The number of rotatable bonds is 5. The maximum Gasteiger partial charge on any atom is 0.215 e. The van der Waals surface area contributed by atoms with E-state index in [4.69, 9.17) is 11.1 Å². The molecule has 0 saturated heterocycles. The molecule has 1 saturated carbocycles. The van der Waals surface area contributed by atoms with Crippen LogP contribution in [0.25, 0.3) is 0 Å². The molecule has 76 valence electrons. The fourth-order valence-corrected chi connectivity index (χ4v) is 2.68. The standard InChI is InChI=1S/C7H15N3O2S/c1-2-6(7(8)9)10-13(11,12)5-3-4-5/h5-6,10H,2-4H2,1H3,(H3,8,9). The maximum absolute atomic E-state index is 11.4. The molecule has 0 bridgehead atoms. The van der Waals surface area contributed by atoms with Crippen LogP contribution in [0.1, 0.15) is 26.2 Å². The van der Waals surface area contributed by atoms with Crippen LogP contribution in [0.4, 0.5) is 0 Å². The van der Waals surface area contributed by atoms with Crippen molar-refractivity contribution in [2.24, 2.45) is 5.73 Å². The van der Waals surface area contributed by atoms with Gasteiger partial charge in [-0.05, 0) is 19.3 Å². The van der Waals surface area contributed by atoms with Crippen LogP contribution >= 0.6 is 0 Å². The third kappa shape index (κ3) is 2.67. The van der Waals surface area contributed by atoms with E-state index in [0.29, 0.717) is 6.42 Å². The predicted molar refractivity (Wildman–Crippen MR) is 51.1 cm³/mol. The maximum atomic E-state index is 11.4. The van der Waals surface area contributed by atoms with Gasteiger partial charge < -0.3 is 5.73 Å². The van der Waals surface area contributed by atoms with E-state index in [1.54, 1.807) is 6.92 Å². The topological polar surface area (TPSA) is 96.0 Å². The second kappa shape index (κ2) is 3.63. The molecule has 1 rings (SSSR count). The van der Waals surface area contributed by atoms with Crippen molar-refractivity contribution < 1.29 is 8.42 Å². The summed E-state index contributed by atoms with van der Waals surface area (Å²) in [5, 5.41) is 6.89. The van der Waals surface area contributed by atoms with Crippen molar-refractivity contribution in [3.05, 3.63) is 0 Å². The van der Waals surface area contributed by atoms with Crippen molar-refractivity contribution in [3.63, 3.8) is 0 Å². The van der Waals surface area contributed by atoms with Crippen molar-refractivity contribution >= 4 is 15.9 Å². The molecule has 6 heteroatoms. The van der Waals surface area contributed by atoms with Crippen molar-refractivity contribution in [2.75, 3.05) is 0 Å². The van der Waals surface area contributed by atoms with E-state index >= 15 is 0 Å². The Bertz CT molecular complexity index is 295. The zero-order valence-corrected chi connectivity index (χ0v) is 8.39. The highest BCUT2D eigenvalue weighted by Gasteiger charge is 2.37. The zero-order valence-electron chi connectivity index (χ0n) is 7.58. The lowest BCUT2D eigenvalue weighted by atomic mass is 10.2. The van der Waals surface area contributed by atoms with E-state index in [0.717, 1.165) is 12.8 Å². The van der Waals surface area contributed by atoms with Gasteiger partial charge in [-0.25, -0.2) is 13.1 Å².